The lowest BCUT2D eigenvalue weighted by Gasteiger charge is -2.03. The molecule has 0 unspecified atom stereocenters. The number of rotatable bonds is 2. The first-order chi connectivity index (χ1) is 7.13. The summed E-state index contributed by atoms with van der Waals surface area (Å²) >= 11 is 0. The Hall–Kier alpha value is -1.55. The molecule has 1 aromatic carbocycles. The standard InChI is InChI=1S/C11H13NO3/c1-3-12-9-5-4-8(7(2)13)6-10(9)15-11(12)14/h4-7,13H,3H2,1-2H3/t7-/m0/s1. The first kappa shape index (κ1) is 9.98. The lowest BCUT2D eigenvalue weighted by Crippen LogP contribution is -2.11. The highest BCUT2D eigenvalue weighted by Crippen LogP contribution is 2.19. The summed E-state index contributed by atoms with van der Waals surface area (Å²) < 4.78 is 6.63. The fourth-order valence-electron chi connectivity index (χ4n) is 1.64. The van der Waals surface area contributed by atoms with Gasteiger partial charge in [-0.15, -0.1) is 0 Å². The Kier molecular flexibility index (Phi) is 2.36. The molecule has 4 nitrogen and oxygen atoms in total. The molecular weight excluding hydrogens is 194 g/mol. The molecule has 0 fully saturated rings. The summed E-state index contributed by atoms with van der Waals surface area (Å²) in [6, 6.07) is 5.30. The Bertz CT molecular complexity index is 536. The zero-order valence-corrected chi connectivity index (χ0v) is 8.73. The van der Waals surface area contributed by atoms with Gasteiger partial charge in [0.2, 0.25) is 0 Å². The highest BCUT2D eigenvalue weighted by Gasteiger charge is 2.09. The van der Waals surface area contributed by atoms with Gasteiger partial charge < -0.3 is 9.52 Å². The molecule has 2 rings (SSSR count). The summed E-state index contributed by atoms with van der Waals surface area (Å²) in [6.45, 7) is 4.15. The third-order valence-corrected chi connectivity index (χ3v) is 2.49. The lowest BCUT2D eigenvalue weighted by molar-refractivity contribution is 0.199. The van der Waals surface area contributed by atoms with Gasteiger partial charge in [-0.25, -0.2) is 4.79 Å². The summed E-state index contributed by atoms with van der Waals surface area (Å²) in [5, 5.41) is 9.39. The number of aliphatic hydroxyl groups is 1. The maximum atomic E-state index is 11.4. The third kappa shape index (κ3) is 1.57. The van der Waals surface area contributed by atoms with Crippen LogP contribution in [0, 0.1) is 0 Å². The van der Waals surface area contributed by atoms with Crippen LogP contribution in [0.4, 0.5) is 0 Å². The van der Waals surface area contributed by atoms with Crippen molar-refractivity contribution in [2.75, 3.05) is 0 Å². The van der Waals surface area contributed by atoms with Crippen LogP contribution < -0.4 is 5.76 Å². The molecule has 0 aliphatic carbocycles. The zero-order valence-electron chi connectivity index (χ0n) is 8.73. The Morgan fingerprint density at radius 2 is 2.27 bits per heavy atom. The van der Waals surface area contributed by atoms with E-state index in [0.717, 1.165) is 11.1 Å². The van der Waals surface area contributed by atoms with Crippen LogP contribution in [-0.2, 0) is 6.54 Å². The van der Waals surface area contributed by atoms with Gasteiger partial charge in [-0.05, 0) is 31.5 Å². The smallest absolute Gasteiger partial charge is 0.408 e. The van der Waals surface area contributed by atoms with Crippen molar-refractivity contribution < 1.29 is 9.52 Å². The van der Waals surface area contributed by atoms with E-state index in [1.54, 1.807) is 29.7 Å². The van der Waals surface area contributed by atoms with Crippen molar-refractivity contribution in [3.63, 3.8) is 0 Å². The minimum Gasteiger partial charge on any atom is -0.408 e. The molecule has 1 atom stereocenters. The molecule has 2 aromatic rings. The molecule has 80 valence electrons. The van der Waals surface area contributed by atoms with E-state index in [1.165, 1.54) is 0 Å². The second-order valence-electron chi connectivity index (χ2n) is 3.52. The van der Waals surface area contributed by atoms with Gasteiger partial charge in [-0.2, -0.15) is 0 Å². The number of hydrogen-bond donors (Lipinski definition) is 1. The molecule has 1 heterocycles. The van der Waals surface area contributed by atoms with Crippen LogP contribution in [0.3, 0.4) is 0 Å². The number of fused-ring (bicyclic) bond motifs is 1. The van der Waals surface area contributed by atoms with Crippen LogP contribution >= 0.6 is 0 Å². The van der Waals surface area contributed by atoms with E-state index in [1.807, 2.05) is 6.92 Å². The topological polar surface area (TPSA) is 55.4 Å². The number of benzene rings is 1. The van der Waals surface area contributed by atoms with Gasteiger partial charge >= 0.3 is 5.76 Å². The van der Waals surface area contributed by atoms with Crippen molar-refractivity contribution in [3.8, 4) is 0 Å². The van der Waals surface area contributed by atoms with Gasteiger partial charge in [0.1, 0.15) is 0 Å². The summed E-state index contributed by atoms with van der Waals surface area (Å²) in [5.41, 5.74) is 2.05. The molecular formula is C11H13NO3. The average molecular weight is 207 g/mol. The maximum absolute atomic E-state index is 11.4. The number of hydrogen-bond acceptors (Lipinski definition) is 3. The van der Waals surface area contributed by atoms with Crippen molar-refractivity contribution in [1.29, 1.82) is 0 Å². The molecule has 1 N–H and O–H groups in total. The fourth-order valence-corrected chi connectivity index (χ4v) is 1.64. The van der Waals surface area contributed by atoms with Crippen molar-refractivity contribution in [2.24, 2.45) is 0 Å². The molecule has 0 aliphatic rings. The second kappa shape index (κ2) is 3.55. The predicted molar refractivity (Wildman–Crippen MR) is 56.8 cm³/mol. The van der Waals surface area contributed by atoms with Gasteiger partial charge in [0.15, 0.2) is 5.58 Å². The van der Waals surface area contributed by atoms with E-state index >= 15 is 0 Å². The number of aryl methyl sites for hydroxylation is 1. The van der Waals surface area contributed by atoms with Crippen LogP contribution in [-0.4, -0.2) is 9.67 Å². The molecule has 0 saturated carbocycles. The summed E-state index contributed by atoms with van der Waals surface area (Å²) in [5.74, 6) is -0.352. The Balaban J connectivity index is 2.70. The first-order valence-corrected chi connectivity index (χ1v) is 4.95. The van der Waals surface area contributed by atoms with Crippen LogP contribution in [0.25, 0.3) is 11.1 Å². The lowest BCUT2D eigenvalue weighted by atomic mass is 10.1. The van der Waals surface area contributed by atoms with Crippen molar-refractivity contribution in [2.45, 2.75) is 26.5 Å². The van der Waals surface area contributed by atoms with Gasteiger partial charge in [0.05, 0.1) is 11.6 Å². The average Bonchev–Trinajstić information content (AvgIpc) is 2.51. The Morgan fingerprint density at radius 3 is 2.87 bits per heavy atom. The van der Waals surface area contributed by atoms with Gasteiger partial charge in [-0.1, -0.05) is 6.07 Å². The molecule has 4 heteroatoms. The van der Waals surface area contributed by atoms with Crippen molar-refractivity contribution in [1.82, 2.24) is 4.57 Å². The first-order valence-electron chi connectivity index (χ1n) is 4.95. The second-order valence-corrected chi connectivity index (χ2v) is 3.52. The van der Waals surface area contributed by atoms with E-state index < -0.39 is 6.10 Å². The van der Waals surface area contributed by atoms with Crippen LogP contribution in [0.2, 0.25) is 0 Å². The molecule has 15 heavy (non-hydrogen) atoms. The number of oxazole rings is 1. The number of nitrogens with zero attached hydrogens (tertiary/aromatic N) is 1. The Labute approximate surface area is 86.8 Å². The minimum absolute atomic E-state index is 0.352. The number of aromatic nitrogens is 1. The highest BCUT2D eigenvalue weighted by atomic mass is 16.4. The summed E-state index contributed by atoms with van der Waals surface area (Å²) in [6.07, 6.45) is -0.551. The molecule has 0 radical (unpaired) electrons. The molecule has 0 aliphatic heterocycles. The number of aliphatic hydroxyl groups excluding tert-OH is 1. The summed E-state index contributed by atoms with van der Waals surface area (Å²) in [4.78, 5) is 11.4. The fraction of sp³-hybridized carbons (Fsp3) is 0.364. The van der Waals surface area contributed by atoms with Crippen molar-refractivity contribution in [3.05, 3.63) is 34.3 Å². The van der Waals surface area contributed by atoms with Gasteiger partial charge in [0, 0.05) is 6.54 Å². The highest BCUT2D eigenvalue weighted by molar-refractivity contribution is 5.73. The van der Waals surface area contributed by atoms with Crippen LogP contribution in [0.15, 0.2) is 27.4 Å². The van der Waals surface area contributed by atoms with Gasteiger partial charge in [0.25, 0.3) is 0 Å². The van der Waals surface area contributed by atoms with Crippen molar-refractivity contribution >= 4 is 11.1 Å². The maximum Gasteiger partial charge on any atom is 0.419 e. The zero-order chi connectivity index (χ0) is 11.0. The van der Waals surface area contributed by atoms with Gasteiger partial charge in [-0.3, -0.25) is 4.57 Å². The molecule has 0 amide bonds. The van der Waals surface area contributed by atoms with E-state index in [-0.39, 0.29) is 5.76 Å². The molecule has 0 spiro atoms. The molecule has 1 aromatic heterocycles. The Morgan fingerprint density at radius 1 is 1.53 bits per heavy atom. The molecule has 0 bridgehead atoms. The van der Waals surface area contributed by atoms with Crippen LogP contribution in [0.1, 0.15) is 25.5 Å². The largest absolute Gasteiger partial charge is 0.419 e. The SMILES string of the molecule is CCn1c(=O)oc2cc([C@H](C)O)ccc21. The van der Waals surface area contributed by atoms with Crippen LogP contribution in [0.5, 0.6) is 0 Å². The quantitative estimate of drug-likeness (QED) is 0.814. The monoisotopic (exact) mass is 207 g/mol. The minimum atomic E-state index is -0.551. The van der Waals surface area contributed by atoms with E-state index in [4.69, 9.17) is 4.42 Å². The van der Waals surface area contributed by atoms with E-state index in [0.29, 0.717) is 12.1 Å². The molecule has 0 saturated heterocycles. The van der Waals surface area contributed by atoms with E-state index in [9.17, 15) is 9.90 Å². The predicted octanol–water partition coefficient (Wildman–Crippen LogP) is 1.67. The summed E-state index contributed by atoms with van der Waals surface area (Å²) in [7, 11) is 0. The third-order valence-electron chi connectivity index (χ3n) is 2.49. The van der Waals surface area contributed by atoms with E-state index in [2.05, 4.69) is 0 Å². The normalized spacial score (nSPS) is 13.3.